The number of rotatable bonds is 5. The van der Waals surface area contributed by atoms with E-state index in [0.717, 1.165) is 21.3 Å². The highest BCUT2D eigenvalue weighted by molar-refractivity contribution is 6.09. The van der Waals surface area contributed by atoms with Gasteiger partial charge in [0.1, 0.15) is 11.4 Å². The molecule has 7 nitrogen and oxygen atoms in total. The van der Waals surface area contributed by atoms with Gasteiger partial charge < -0.3 is 10.4 Å². The topological polar surface area (TPSA) is 99.5 Å². The molecule has 0 spiro atoms. The summed E-state index contributed by atoms with van der Waals surface area (Å²) < 4.78 is 1.08. The zero-order valence-corrected chi connectivity index (χ0v) is 18.4. The number of aromatic hydroxyl groups is 1. The number of amidine groups is 1. The molecular weight excluding hydrogens is 416 g/mol. The van der Waals surface area contributed by atoms with E-state index in [1.807, 2.05) is 80.6 Å². The van der Waals surface area contributed by atoms with Crippen LogP contribution in [0.2, 0.25) is 0 Å². The van der Waals surface area contributed by atoms with Gasteiger partial charge in [0.25, 0.3) is 5.56 Å². The molecule has 0 aliphatic carbocycles. The van der Waals surface area contributed by atoms with Gasteiger partial charge in [-0.1, -0.05) is 66.2 Å². The Morgan fingerprint density at radius 3 is 2.42 bits per heavy atom. The van der Waals surface area contributed by atoms with Crippen LogP contribution in [0.25, 0.3) is 5.69 Å². The molecule has 166 valence electrons. The van der Waals surface area contributed by atoms with Crippen LogP contribution in [0.3, 0.4) is 0 Å². The van der Waals surface area contributed by atoms with Gasteiger partial charge in [0, 0.05) is 5.69 Å². The molecule has 1 aromatic heterocycles. The first-order valence-corrected chi connectivity index (χ1v) is 10.5. The Hall–Kier alpha value is -4.39. The summed E-state index contributed by atoms with van der Waals surface area (Å²) in [4.78, 5) is 32.5. The fourth-order valence-corrected chi connectivity index (χ4v) is 3.60. The summed E-state index contributed by atoms with van der Waals surface area (Å²) in [5.41, 5.74) is 2.39. The lowest BCUT2D eigenvalue weighted by atomic mass is 10.1. The van der Waals surface area contributed by atoms with E-state index < -0.39 is 17.1 Å². The van der Waals surface area contributed by atoms with Gasteiger partial charge in [-0.25, -0.2) is 9.36 Å². The van der Waals surface area contributed by atoms with Gasteiger partial charge >= 0.3 is 5.69 Å². The number of hydrogen-bond donors (Lipinski definition) is 3. The summed E-state index contributed by atoms with van der Waals surface area (Å²) in [6.45, 7) is 4.09. The van der Waals surface area contributed by atoms with E-state index in [-0.39, 0.29) is 17.9 Å². The summed E-state index contributed by atoms with van der Waals surface area (Å²) in [5.74, 6) is -0.326. The van der Waals surface area contributed by atoms with Gasteiger partial charge in [0.15, 0.2) is 0 Å². The summed E-state index contributed by atoms with van der Waals surface area (Å²) >= 11 is 0. The highest BCUT2D eigenvalue weighted by Gasteiger charge is 2.21. The number of aromatic amines is 1. The third-order valence-electron chi connectivity index (χ3n) is 5.22. The monoisotopic (exact) mass is 440 g/mol. The molecule has 7 heteroatoms. The first-order chi connectivity index (χ1) is 15.9. The predicted molar refractivity (Wildman–Crippen MR) is 131 cm³/mol. The first-order valence-electron chi connectivity index (χ1n) is 10.5. The SMILES string of the molecule is Cc1cccc(CN=C(Nc2ccccc2)c2c(O)n(-c3ccccc3C)c(=O)[nH]c2=O)c1. The van der Waals surface area contributed by atoms with Gasteiger partial charge in [-0.3, -0.25) is 14.8 Å². The van der Waals surface area contributed by atoms with Crippen molar-refractivity contribution in [3.05, 3.63) is 122 Å². The molecule has 0 fully saturated rings. The molecule has 0 amide bonds. The highest BCUT2D eigenvalue weighted by Crippen LogP contribution is 2.21. The molecule has 33 heavy (non-hydrogen) atoms. The van der Waals surface area contributed by atoms with Crippen LogP contribution in [0.4, 0.5) is 5.69 Å². The summed E-state index contributed by atoms with van der Waals surface area (Å²) in [6.07, 6.45) is 0. The van der Waals surface area contributed by atoms with Crippen molar-refractivity contribution in [3.8, 4) is 11.6 Å². The molecule has 4 aromatic rings. The van der Waals surface area contributed by atoms with E-state index >= 15 is 0 Å². The van der Waals surface area contributed by atoms with Crippen LogP contribution in [-0.4, -0.2) is 20.5 Å². The molecular formula is C26H24N4O3. The Morgan fingerprint density at radius 2 is 1.70 bits per heavy atom. The minimum atomic E-state index is -0.728. The summed E-state index contributed by atoms with van der Waals surface area (Å²) in [6, 6.07) is 24.2. The van der Waals surface area contributed by atoms with Crippen LogP contribution in [0.1, 0.15) is 22.3 Å². The van der Waals surface area contributed by atoms with Gasteiger partial charge in [0.2, 0.25) is 5.88 Å². The molecule has 0 saturated carbocycles. The fraction of sp³-hybridized carbons (Fsp3) is 0.115. The van der Waals surface area contributed by atoms with Crippen LogP contribution in [0, 0.1) is 13.8 Å². The second kappa shape index (κ2) is 9.40. The third-order valence-corrected chi connectivity index (χ3v) is 5.22. The van der Waals surface area contributed by atoms with Crippen molar-refractivity contribution < 1.29 is 5.11 Å². The standard InChI is InChI=1S/C26H24N4O3/c1-17-9-8-11-19(15-17)16-27-23(28-20-12-4-3-5-13-20)22-24(31)29-26(33)30(25(22)32)21-14-7-6-10-18(21)2/h3-15,32H,16H2,1-2H3,(H,27,28)(H,29,31,33). The van der Waals surface area contributed by atoms with Crippen molar-refractivity contribution in [3.63, 3.8) is 0 Å². The van der Waals surface area contributed by atoms with Crippen LogP contribution in [0.5, 0.6) is 5.88 Å². The number of H-pyrrole nitrogens is 1. The van der Waals surface area contributed by atoms with E-state index in [2.05, 4.69) is 15.3 Å². The number of aliphatic imine (C=N–C) groups is 1. The van der Waals surface area contributed by atoms with Crippen LogP contribution >= 0.6 is 0 Å². The molecule has 4 rings (SSSR count). The number of para-hydroxylation sites is 2. The quantitative estimate of drug-likeness (QED) is 0.324. The summed E-state index contributed by atoms with van der Waals surface area (Å²) in [7, 11) is 0. The molecule has 0 radical (unpaired) electrons. The van der Waals surface area contributed by atoms with Gasteiger partial charge in [-0.05, 0) is 43.2 Å². The second-order valence-corrected chi connectivity index (χ2v) is 7.72. The van der Waals surface area contributed by atoms with Gasteiger partial charge in [-0.2, -0.15) is 0 Å². The molecule has 0 aliphatic heterocycles. The average molecular weight is 441 g/mol. The molecule has 3 N–H and O–H groups in total. The van der Waals surface area contributed by atoms with Crippen LogP contribution < -0.4 is 16.6 Å². The molecule has 0 unspecified atom stereocenters. The lowest BCUT2D eigenvalue weighted by molar-refractivity contribution is 0.429. The largest absolute Gasteiger partial charge is 0.493 e. The van der Waals surface area contributed by atoms with Crippen molar-refractivity contribution in [2.75, 3.05) is 5.32 Å². The van der Waals surface area contributed by atoms with Crippen LogP contribution in [0.15, 0.2) is 93.4 Å². The van der Waals surface area contributed by atoms with Crippen molar-refractivity contribution in [1.82, 2.24) is 9.55 Å². The molecule has 0 saturated heterocycles. The maximum atomic E-state index is 12.9. The third kappa shape index (κ3) is 4.77. The predicted octanol–water partition coefficient (Wildman–Crippen LogP) is 3.91. The normalized spacial score (nSPS) is 11.4. The average Bonchev–Trinajstić information content (AvgIpc) is 2.79. The van der Waals surface area contributed by atoms with Crippen molar-refractivity contribution >= 4 is 11.5 Å². The Kier molecular flexibility index (Phi) is 6.22. The Balaban J connectivity index is 1.88. The number of aryl methyl sites for hydroxylation is 2. The Labute approximate surface area is 190 Å². The van der Waals surface area contributed by atoms with Crippen molar-refractivity contribution in [1.29, 1.82) is 0 Å². The van der Waals surface area contributed by atoms with Gasteiger partial charge in [0.05, 0.1) is 12.2 Å². The minimum Gasteiger partial charge on any atom is -0.493 e. The highest BCUT2D eigenvalue weighted by atomic mass is 16.3. The molecule has 0 bridgehead atoms. The molecule has 0 atom stereocenters. The minimum absolute atomic E-state index is 0.116. The van der Waals surface area contributed by atoms with E-state index in [4.69, 9.17) is 0 Å². The number of nitrogens with one attached hydrogen (secondary N) is 2. The fourth-order valence-electron chi connectivity index (χ4n) is 3.60. The molecule has 0 aliphatic rings. The zero-order valence-electron chi connectivity index (χ0n) is 18.4. The molecule has 1 heterocycles. The lowest BCUT2D eigenvalue weighted by Crippen LogP contribution is -2.35. The Morgan fingerprint density at radius 1 is 0.970 bits per heavy atom. The number of aromatic nitrogens is 2. The number of anilines is 1. The van der Waals surface area contributed by atoms with Crippen molar-refractivity contribution in [2.45, 2.75) is 20.4 Å². The Bertz CT molecular complexity index is 1440. The maximum absolute atomic E-state index is 12.9. The number of nitrogens with zero attached hydrogens (tertiary/aromatic N) is 2. The lowest BCUT2D eigenvalue weighted by Gasteiger charge is -2.16. The number of benzene rings is 3. The smallest absolute Gasteiger partial charge is 0.335 e. The van der Waals surface area contributed by atoms with E-state index in [1.165, 1.54) is 0 Å². The van der Waals surface area contributed by atoms with Crippen LogP contribution in [-0.2, 0) is 6.54 Å². The summed E-state index contributed by atoms with van der Waals surface area (Å²) in [5, 5.41) is 14.3. The zero-order chi connectivity index (χ0) is 23.4. The first kappa shape index (κ1) is 21.8. The molecule has 3 aromatic carbocycles. The van der Waals surface area contributed by atoms with E-state index in [1.54, 1.807) is 12.1 Å². The van der Waals surface area contributed by atoms with E-state index in [0.29, 0.717) is 11.4 Å². The number of hydrogen-bond acceptors (Lipinski definition) is 4. The maximum Gasteiger partial charge on any atom is 0.335 e. The second-order valence-electron chi connectivity index (χ2n) is 7.72. The van der Waals surface area contributed by atoms with E-state index in [9.17, 15) is 14.7 Å². The van der Waals surface area contributed by atoms with Gasteiger partial charge in [-0.15, -0.1) is 0 Å². The van der Waals surface area contributed by atoms with Crippen molar-refractivity contribution in [2.24, 2.45) is 4.99 Å².